The molecule has 102 valence electrons. The highest BCUT2D eigenvalue weighted by Gasteiger charge is 2.25. The number of hydrogen-bond donors (Lipinski definition) is 1. The lowest BCUT2D eigenvalue weighted by Crippen LogP contribution is -2.17. The standard InChI is InChI=1S/C13H16N2O3S/c1-8-6-10(9(2)15(8)4-5-18-3)7-11-12(16)14-13(17)19-11/h6-7H,4-5H2,1-3H3,(H,14,16,17). The molecule has 1 aliphatic heterocycles. The van der Waals surface area contributed by atoms with Crippen molar-refractivity contribution in [1.82, 2.24) is 9.88 Å². The molecule has 2 amide bonds. The molecule has 1 fully saturated rings. The van der Waals surface area contributed by atoms with Crippen LogP contribution in [0.15, 0.2) is 11.0 Å². The molecule has 1 N–H and O–H groups in total. The van der Waals surface area contributed by atoms with Gasteiger partial charge in [-0.25, -0.2) is 0 Å². The third-order valence-electron chi connectivity index (χ3n) is 3.06. The van der Waals surface area contributed by atoms with E-state index in [0.29, 0.717) is 11.5 Å². The number of nitrogens with zero attached hydrogens (tertiary/aromatic N) is 1. The molecule has 0 bridgehead atoms. The first-order chi connectivity index (χ1) is 9.02. The Labute approximate surface area is 116 Å². The zero-order valence-electron chi connectivity index (χ0n) is 11.1. The van der Waals surface area contributed by atoms with E-state index in [2.05, 4.69) is 9.88 Å². The minimum absolute atomic E-state index is 0.315. The van der Waals surface area contributed by atoms with E-state index in [1.54, 1.807) is 13.2 Å². The van der Waals surface area contributed by atoms with Crippen LogP contribution in [-0.4, -0.2) is 29.4 Å². The molecule has 0 saturated carbocycles. The molecule has 1 aliphatic rings. The van der Waals surface area contributed by atoms with Gasteiger partial charge in [-0.15, -0.1) is 0 Å². The third-order valence-corrected chi connectivity index (χ3v) is 3.87. The highest BCUT2D eigenvalue weighted by Crippen LogP contribution is 2.27. The molecule has 19 heavy (non-hydrogen) atoms. The topological polar surface area (TPSA) is 60.3 Å². The van der Waals surface area contributed by atoms with Crippen LogP contribution in [-0.2, 0) is 16.1 Å². The fraction of sp³-hybridized carbons (Fsp3) is 0.385. The fourth-order valence-electron chi connectivity index (χ4n) is 2.06. The summed E-state index contributed by atoms with van der Waals surface area (Å²) in [5, 5.41) is 1.94. The van der Waals surface area contributed by atoms with E-state index in [9.17, 15) is 9.59 Å². The van der Waals surface area contributed by atoms with Gasteiger partial charge in [-0.2, -0.15) is 0 Å². The Morgan fingerprint density at radius 1 is 1.42 bits per heavy atom. The van der Waals surface area contributed by atoms with Crippen LogP contribution in [0.2, 0.25) is 0 Å². The molecule has 0 aliphatic carbocycles. The molecule has 1 aromatic rings. The van der Waals surface area contributed by atoms with Crippen molar-refractivity contribution in [2.45, 2.75) is 20.4 Å². The van der Waals surface area contributed by atoms with Crippen LogP contribution < -0.4 is 5.32 Å². The molecule has 1 saturated heterocycles. The molecule has 0 spiro atoms. The molecule has 5 nitrogen and oxygen atoms in total. The number of aryl methyl sites for hydroxylation is 1. The van der Waals surface area contributed by atoms with E-state index in [1.807, 2.05) is 19.9 Å². The SMILES string of the molecule is COCCn1c(C)cc(C=C2SC(=O)NC2=O)c1C. The van der Waals surface area contributed by atoms with Gasteiger partial charge in [-0.05, 0) is 43.3 Å². The number of aromatic nitrogens is 1. The van der Waals surface area contributed by atoms with Gasteiger partial charge in [0.2, 0.25) is 0 Å². The quantitative estimate of drug-likeness (QED) is 0.858. The summed E-state index contributed by atoms with van der Waals surface area (Å²) >= 11 is 0.938. The van der Waals surface area contributed by atoms with Crippen LogP contribution >= 0.6 is 11.8 Å². The lowest BCUT2D eigenvalue weighted by molar-refractivity contribution is -0.115. The maximum atomic E-state index is 11.5. The molecular weight excluding hydrogens is 264 g/mol. The van der Waals surface area contributed by atoms with E-state index >= 15 is 0 Å². The van der Waals surface area contributed by atoms with E-state index in [0.717, 1.165) is 35.3 Å². The second-order valence-electron chi connectivity index (χ2n) is 4.32. The summed E-state index contributed by atoms with van der Waals surface area (Å²) in [6.07, 6.45) is 1.76. The molecule has 2 heterocycles. The summed E-state index contributed by atoms with van der Waals surface area (Å²) in [6.45, 7) is 5.42. The summed E-state index contributed by atoms with van der Waals surface area (Å²) in [6, 6.07) is 2.01. The lowest BCUT2D eigenvalue weighted by atomic mass is 10.2. The Kier molecular flexibility index (Phi) is 4.11. The number of amides is 2. The summed E-state index contributed by atoms with van der Waals surface area (Å²) < 4.78 is 7.21. The second-order valence-corrected chi connectivity index (χ2v) is 5.34. The molecule has 6 heteroatoms. The predicted octanol–water partition coefficient (Wildman–Crippen LogP) is 2.08. The van der Waals surface area contributed by atoms with Crippen LogP contribution in [0.3, 0.4) is 0 Å². The number of imide groups is 1. The number of carbonyl (C=O) groups is 2. The van der Waals surface area contributed by atoms with Gasteiger partial charge in [0.15, 0.2) is 0 Å². The van der Waals surface area contributed by atoms with Crippen molar-refractivity contribution in [3.05, 3.63) is 27.9 Å². The molecule has 1 aromatic heterocycles. The third kappa shape index (κ3) is 2.90. The highest BCUT2D eigenvalue weighted by atomic mass is 32.2. The van der Waals surface area contributed by atoms with Gasteiger partial charge in [0.05, 0.1) is 11.5 Å². The van der Waals surface area contributed by atoms with Crippen molar-refractivity contribution in [3.8, 4) is 0 Å². The van der Waals surface area contributed by atoms with Gasteiger partial charge in [-0.1, -0.05) is 0 Å². The highest BCUT2D eigenvalue weighted by molar-refractivity contribution is 8.18. The fourth-order valence-corrected chi connectivity index (χ4v) is 2.74. The van der Waals surface area contributed by atoms with Crippen molar-refractivity contribution in [2.24, 2.45) is 0 Å². The molecular formula is C13H16N2O3S. The Morgan fingerprint density at radius 3 is 2.74 bits per heavy atom. The predicted molar refractivity (Wildman–Crippen MR) is 74.9 cm³/mol. The monoisotopic (exact) mass is 280 g/mol. The van der Waals surface area contributed by atoms with E-state index < -0.39 is 0 Å². The zero-order valence-corrected chi connectivity index (χ0v) is 12.0. The lowest BCUT2D eigenvalue weighted by Gasteiger charge is -2.08. The van der Waals surface area contributed by atoms with Crippen LogP contribution in [0.25, 0.3) is 6.08 Å². The first kappa shape index (κ1) is 13.9. The molecule has 0 unspecified atom stereocenters. The maximum absolute atomic E-state index is 11.5. The molecule has 0 aromatic carbocycles. The summed E-state index contributed by atoms with van der Waals surface area (Å²) in [4.78, 5) is 23.1. The summed E-state index contributed by atoms with van der Waals surface area (Å²) in [7, 11) is 1.67. The Hall–Kier alpha value is -1.53. The number of ether oxygens (including phenoxy) is 1. The van der Waals surface area contributed by atoms with Gasteiger partial charge >= 0.3 is 0 Å². The number of hydrogen-bond acceptors (Lipinski definition) is 4. The number of rotatable bonds is 4. The van der Waals surface area contributed by atoms with Crippen molar-refractivity contribution >= 4 is 29.0 Å². The normalized spacial score (nSPS) is 17.3. The van der Waals surface area contributed by atoms with Gasteiger partial charge in [0.25, 0.3) is 11.1 Å². The van der Waals surface area contributed by atoms with Crippen molar-refractivity contribution < 1.29 is 14.3 Å². The van der Waals surface area contributed by atoms with Crippen LogP contribution in [0.4, 0.5) is 4.79 Å². The van der Waals surface area contributed by atoms with E-state index in [4.69, 9.17) is 4.74 Å². The average Bonchev–Trinajstić information content (AvgIpc) is 2.79. The van der Waals surface area contributed by atoms with Crippen molar-refractivity contribution in [2.75, 3.05) is 13.7 Å². The first-order valence-electron chi connectivity index (χ1n) is 5.93. The van der Waals surface area contributed by atoms with E-state index in [1.165, 1.54) is 0 Å². The van der Waals surface area contributed by atoms with Crippen molar-refractivity contribution in [3.63, 3.8) is 0 Å². The number of nitrogens with one attached hydrogen (secondary N) is 1. The smallest absolute Gasteiger partial charge is 0.290 e. The van der Waals surface area contributed by atoms with E-state index in [-0.39, 0.29) is 11.1 Å². The zero-order chi connectivity index (χ0) is 14.0. The van der Waals surface area contributed by atoms with Crippen LogP contribution in [0.1, 0.15) is 17.0 Å². The summed E-state index contributed by atoms with van der Waals surface area (Å²) in [5.41, 5.74) is 3.13. The van der Waals surface area contributed by atoms with Gasteiger partial charge in [-0.3, -0.25) is 14.9 Å². The number of thioether (sulfide) groups is 1. The Morgan fingerprint density at radius 2 is 2.16 bits per heavy atom. The minimum atomic E-state index is -0.323. The van der Waals surface area contributed by atoms with Gasteiger partial charge in [0, 0.05) is 25.0 Å². The maximum Gasteiger partial charge on any atom is 0.290 e. The minimum Gasteiger partial charge on any atom is -0.383 e. The van der Waals surface area contributed by atoms with Crippen molar-refractivity contribution in [1.29, 1.82) is 0 Å². The average molecular weight is 280 g/mol. The molecule has 0 atom stereocenters. The first-order valence-corrected chi connectivity index (χ1v) is 6.75. The largest absolute Gasteiger partial charge is 0.383 e. The van der Waals surface area contributed by atoms with Crippen LogP contribution in [0, 0.1) is 13.8 Å². The molecule has 0 radical (unpaired) electrons. The van der Waals surface area contributed by atoms with Gasteiger partial charge in [0.1, 0.15) is 0 Å². The number of carbonyl (C=O) groups excluding carboxylic acids is 2. The second kappa shape index (κ2) is 5.63. The Balaban J connectivity index is 2.29. The van der Waals surface area contributed by atoms with Gasteiger partial charge < -0.3 is 9.30 Å². The van der Waals surface area contributed by atoms with Crippen LogP contribution in [0.5, 0.6) is 0 Å². The summed E-state index contributed by atoms with van der Waals surface area (Å²) in [5.74, 6) is -0.323. The number of methoxy groups -OCH3 is 1. The Bertz CT molecular complexity index is 560. The molecule has 2 rings (SSSR count).